The third kappa shape index (κ3) is 6.11. The smallest absolute Gasteiger partial charge is 0.407 e. The van der Waals surface area contributed by atoms with Gasteiger partial charge in [-0.15, -0.1) is 0 Å². The number of amides is 2. The number of carbonyl (C=O) groups excluding carboxylic acids is 2. The van der Waals surface area contributed by atoms with Gasteiger partial charge >= 0.3 is 6.09 Å². The van der Waals surface area contributed by atoms with Gasteiger partial charge in [-0.2, -0.15) is 10.1 Å². The second kappa shape index (κ2) is 10.5. The number of nitrogens with zero attached hydrogens (tertiary/aromatic N) is 6. The highest BCUT2D eigenvalue weighted by Gasteiger charge is 2.35. The molecule has 1 aliphatic heterocycles. The Morgan fingerprint density at radius 1 is 1.03 bits per heavy atom. The Hall–Kier alpha value is -3.15. The van der Waals surface area contributed by atoms with Crippen LogP contribution in [0.3, 0.4) is 0 Å². The summed E-state index contributed by atoms with van der Waals surface area (Å²) in [4.78, 5) is 38.4. The van der Waals surface area contributed by atoms with Crippen molar-refractivity contribution in [2.75, 3.05) is 36.4 Å². The van der Waals surface area contributed by atoms with E-state index in [4.69, 9.17) is 20.4 Å². The van der Waals surface area contributed by atoms with Crippen molar-refractivity contribution in [1.82, 2.24) is 30.0 Å². The van der Waals surface area contributed by atoms with Crippen LogP contribution in [-0.2, 0) is 16.6 Å². The Kier molecular flexibility index (Phi) is 7.74. The molecule has 2 amide bonds. The molecule has 38 heavy (non-hydrogen) atoms. The van der Waals surface area contributed by atoms with Crippen LogP contribution in [0.25, 0.3) is 11.0 Å². The third-order valence-corrected chi connectivity index (χ3v) is 7.53. The van der Waals surface area contributed by atoms with Crippen molar-refractivity contribution >= 4 is 34.8 Å². The Labute approximate surface area is 224 Å². The second-order valence-corrected chi connectivity index (χ2v) is 12.0. The monoisotopic (exact) mass is 529 g/mol. The summed E-state index contributed by atoms with van der Waals surface area (Å²) >= 11 is 0. The Bertz CT molecular complexity index is 1180. The van der Waals surface area contributed by atoms with Gasteiger partial charge < -0.3 is 26.0 Å². The first-order chi connectivity index (χ1) is 17.7. The summed E-state index contributed by atoms with van der Waals surface area (Å²) in [7, 11) is 1.90. The molecule has 2 atom stereocenters. The zero-order valence-corrected chi connectivity index (χ0v) is 23.8. The van der Waals surface area contributed by atoms with Crippen LogP contribution in [-0.4, -0.2) is 86.1 Å². The quantitative estimate of drug-likeness (QED) is 0.513. The number of hydrogen-bond acceptors (Lipinski definition) is 9. The largest absolute Gasteiger partial charge is 0.444 e. The van der Waals surface area contributed by atoms with E-state index in [1.165, 1.54) is 0 Å². The predicted octanol–water partition coefficient (Wildman–Crippen LogP) is 2.31. The van der Waals surface area contributed by atoms with Crippen LogP contribution in [0, 0.1) is 6.92 Å². The molecule has 0 aromatic carbocycles. The SMILES string of the molecule is Cc1nn(C)c2c(N[C@@H]3CCC[C@@H](NC(=O)OC(C)(C)C)C3)nc(N3CCN(C(C)(C)C(N)=O)CC3)nc12. The molecule has 0 spiro atoms. The molecule has 2 aliphatic rings. The van der Waals surface area contributed by atoms with E-state index in [0.29, 0.717) is 32.1 Å². The standard InChI is InChI=1S/C26H43N9O3/c1-16-19-20(33(7)32-16)21(28-17-9-8-10-18(15-17)29-24(37)38-25(2,3)4)31-23(30-19)34-11-13-35(14-12-34)26(5,6)22(27)36/h17-18H,8-15H2,1-7H3,(H2,27,36)(H,29,37)(H,28,30,31)/t17-,18-/m1/s1. The summed E-state index contributed by atoms with van der Waals surface area (Å²) in [6.45, 7) is 14.0. The minimum atomic E-state index is -0.700. The van der Waals surface area contributed by atoms with Crippen molar-refractivity contribution < 1.29 is 14.3 Å². The van der Waals surface area contributed by atoms with E-state index in [-0.39, 0.29) is 24.1 Å². The number of aromatic nitrogens is 4. The van der Waals surface area contributed by atoms with Gasteiger partial charge in [0.1, 0.15) is 16.6 Å². The lowest BCUT2D eigenvalue weighted by Gasteiger charge is -2.42. The minimum Gasteiger partial charge on any atom is -0.444 e. The molecule has 1 aliphatic carbocycles. The molecule has 12 nitrogen and oxygen atoms in total. The number of primary amides is 1. The van der Waals surface area contributed by atoms with Gasteiger partial charge in [0.05, 0.1) is 11.2 Å². The molecule has 2 fully saturated rings. The third-order valence-electron chi connectivity index (χ3n) is 7.53. The van der Waals surface area contributed by atoms with Crippen LogP contribution in [0.5, 0.6) is 0 Å². The number of nitrogens with two attached hydrogens (primary N) is 1. The number of aryl methyl sites for hydroxylation is 2. The lowest BCUT2D eigenvalue weighted by molar-refractivity contribution is -0.128. The first kappa shape index (κ1) is 27.9. The van der Waals surface area contributed by atoms with Crippen LogP contribution in [0.1, 0.15) is 66.0 Å². The van der Waals surface area contributed by atoms with Gasteiger partial charge in [0.25, 0.3) is 0 Å². The van der Waals surface area contributed by atoms with Gasteiger partial charge in [0.15, 0.2) is 5.82 Å². The molecule has 3 heterocycles. The molecule has 1 saturated heterocycles. The number of alkyl carbamates (subject to hydrolysis) is 1. The minimum absolute atomic E-state index is 0.0304. The van der Waals surface area contributed by atoms with Crippen molar-refractivity contribution in [2.24, 2.45) is 12.8 Å². The van der Waals surface area contributed by atoms with E-state index in [2.05, 4.69) is 25.5 Å². The van der Waals surface area contributed by atoms with Crippen LogP contribution >= 0.6 is 0 Å². The Balaban J connectivity index is 1.51. The second-order valence-electron chi connectivity index (χ2n) is 12.0. The first-order valence-corrected chi connectivity index (χ1v) is 13.5. The molecule has 2 aromatic rings. The lowest BCUT2D eigenvalue weighted by atomic mass is 9.91. The average molecular weight is 530 g/mol. The number of fused-ring (bicyclic) bond motifs is 1. The van der Waals surface area contributed by atoms with Gasteiger partial charge in [-0.1, -0.05) is 0 Å². The van der Waals surface area contributed by atoms with Crippen LogP contribution in [0.15, 0.2) is 0 Å². The number of carbonyl (C=O) groups is 2. The molecule has 0 unspecified atom stereocenters. The normalized spacial score (nSPS) is 21.4. The summed E-state index contributed by atoms with van der Waals surface area (Å²) in [6.07, 6.45) is 3.28. The zero-order valence-electron chi connectivity index (χ0n) is 23.8. The molecule has 12 heteroatoms. The van der Waals surface area contributed by atoms with E-state index in [9.17, 15) is 9.59 Å². The highest BCUT2D eigenvalue weighted by atomic mass is 16.6. The van der Waals surface area contributed by atoms with E-state index in [1.807, 2.05) is 53.3 Å². The van der Waals surface area contributed by atoms with Crippen molar-refractivity contribution in [3.05, 3.63) is 5.69 Å². The van der Waals surface area contributed by atoms with Crippen molar-refractivity contribution in [3.8, 4) is 0 Å². The highest BCUT2D eigenvalue weighted by molar-refractivity contribution is 5.89. The molecule has 1 saturated carbocycles. The summed E-state index contributed by atoms with van der Waals surface area (Å²) < 4.78 is 7.28. The lowest BCUT2D eigenvalue weighted by Crippen LogP contribution is -2.60. The van der Waals surface area contributed by atoms with Gasteiger partial charge in [-0.25, -0.2) is 9.78 Å². The van der Waals surface area contributed by atoms with E-state index in [0.717, 1.165) is 48.2 Å². The number of hydrogen-bond donors (Lipinski definition) is 3. The topological polar surface area (TPSA) is 144 Å². The maximum Gasteiger partial charge on any atom is 0.407 e. The number of nitrogens with one attached hydrogen (secondary N) is 2. The zero-order chi connectivity index (χ0) is 27.8. The molecule has 2 aromatic heterocycles. The van der Waals surface area contributed by atoms with Gasteiger partial charge in [0, 0.05) is 45.3 Å². The van der Waals surface area contributed by atoms with E-state index < -0.39 is 11.1 Å². The van der Waals surface area contributed by atoms with E-state index in [1.54, 1.807) is 0 Å². The molecular weight excluding hydrogens is 486 g/mol. The van der Waals surface area contributed by atoms with Gasteiger partial charge in [-0.3, -0.25) is 14.4 Å². The number of ether oxygens (including phenoxy) is 1. The molecule has 4 N–H and O–H groups in total. The van der Waals surface area contributed by atoms with Gasteiger partial charge in [0.2, 0.25) is 11.9 Å². The summed E-state index contributed by atoms with van der Waals surface area (Å²) in [6, 6.07) is 0.168. The molecule has 0 bridgehead atoms. The number of piperazine rings is 1. The molecule has 0 radical (unpaired) electrons. The first-order valence-electron chi connectivity index (χ1n) is 13.5. The Morgan fingerprint density at radius 2 is 1.68 bits per heavy atom. The fourth-order valence-corrected chi connectivity index (χ4v) is 5.31. The summed E-state index contributed by atoms with van der Waals surface area (Å²) in [5.41, 5.74) is 6.93. The highest BCUT2D eigenvalue weighted by Crippen LogP contribution is 2.30. The molecule has 210 valence electrons. The maximum absolute atomic E-state index is 12.3. The van der Waals surface area contributed by atoms with Crippen LogP contribution in [0.2, 0.25) is 0 Å². The molecule has 4 rings (SSSR count). The summed E-state index contributed by atoms with van der Waals surface area (Å²) in [5.74, 6) is 1.07. The van der Waals surface area contributed by atoms with Crippen molar-refractivity contribution in [3.63, 3.8) is 0 Å². The van der Waals surface area contributed by atoms with E-state index >= 15 is 0 Å². The van der Waals surface area contributed by atoms with Crippen LogP contribution < -0.4 is 21.3 Å². The average Bonchev–Trinajstić information content (AvgIpc) is 3.11. The van der Waals surface area contributed by atoms with Crippen molar-refractivity contribution in [1.29, 1.82) is 0 Å². The fraction of sp³-hybridized carbons (Fsp3) is 0.731. The number of rotatable bonds is 6. The Morgan fingerprint density at radius 3 is 2.32 bits per heavy atom. The van der Waals surface area contributed by atoms with Gasteiger partial charge in [-0.05, 0) is 67.2 Å². The fourth-order valence-electron chi connectivity index (χ4n) is 5.31. The van der Waals surface area contributed by atoms with Crippen molar-refractivity contribution in [2.45, 2.75) is 90.4 Å². The maximum atomic E-state index is 12.3. The predicted molar refractivity (Wildman–Crippen MR) is 147 cm³/mol. The summed E-state index contributed by atoms with van der Waals surface area (Å²) in [5, 5.41) is 11.3. The molecular formula is C26H43N9O3. The van der Waals surface area contributed by atoms with Crippen LogP contribution in [0.4, 0.5) is 16.6 Å². The number of anilines is 2.